The van der Waals surface area contributed by atoms with Crippen LogP contribution in [0.25, 0.3) is 0 Å². The molecule has 5 heteroatoms. The van der Waals surface area contributed by atoms with Crippen molar-refractivity contribution in [2.45, 2.75) is 34.4 Å². The van der Waals surface area contributed by atoms with E-state index >= 15 is 0 Å². The zero-order chi connectivity index (χ0) is 18.7. The highest BCUT2D eigenvalue weighted by Crippen LogP contribution is 2.20. The van der Waals surface area contributed by atoms with Crippen LogP contribution in [0.5, 0.6) is 5.75 Å². The Morgan fingerprint density at radius 3 is 2.35 bits per heavy atom. The highest BCUT2D eigenvalue weighted by Gasteiger charge is 2.12. The molecule has 0 bridgehead atoms. The summed E-state index contributed by atoms with van der Waals surface area (Å²) in [4.78, 5) is 12.5. The predicted molar refractivity (Wildman–Crippen MR) is 103 cm³/mol. The first kappa shape index (κ1) is 17.7. The summed E-state index contributed by atoms with van der Waals surface area (Å²) < 4.78 is 7.38. The molecule has 3 aromatic rings. The highest BCUT2D eigenvalue weighted by atomic mass is 16.5. The molecule has 1 N–H and O–H groups in total. The van der Waals surface area contributed by atoms with E-state index < -0.39 is 0 Å². The van der Waals surface area contributed by atoms with Gasteiger partial charge in [0.15, 0.2) is 12.4 Å². The number of hydrogen-bond donors (Lipinski definition) is 1. The second-order valence-electron chi connectivity index (χ2n) is 6.56. The normalized spacial score (nSPS) is 10.6. The number of para-hydroxylation sites is 1. The fourth-order valence-electron chi connectivity index (χ4n) is 2.90. The minimum absolute atomic E-state index is 0.229. The molecular formula is C21H23N3O2. The molecular weight excluding hydrogens is 326 g/mol. The molecule has 26 heavy (non-hydrogen) atoms. The van der Waals surface area contributed by atoms with Crippen molar-refractivity contribution >= 4 is 11.6 Å². The maximum Gasteiger partial charge on any atom is 0.276 e. The summed E-state index contributed by atoms with van der Waals surface area (Å²) in [5, 5.41) is 7.25. The Bertz CT molecular complexity index is 904. The number of ether oxygens (including phenoxy) is 1. The number of hydrogen-bond acceptors (Lipinski definition) is 3. The second-order valence-corrected chi connectivity index (χ2v) is 6.56. The van der Waals surface area contributed by atoms with E-state index in [4.69, 9.17) is 4.74 Å². The molecule has 0 aliphatic carbocycles. The molecule has 0 spiro atoms. The van der Waals surface area contributed by atoms with Crippen molar-refractivity contribution in [3.8, 4) is 5.75 Å². The SMILES string of the molecule is Cc1cc(C)cc(OCn2ccc(C(=O)Nc3c(C)cccc3C)n2)c1. The van der Waals surface area contributed by atoms with Gasteiger partial charge in [0.25, 0.3) is 5.91 Å². The van der Waals surface area contributed by atoms with Crippen molar-refractivity contribution < 1.29 is 9.53 Å². The van der Waals surface area contributed by atoms with Crippen LogP contribution in [0.2, 0.25) is 0 Å². The summed E-state index contributed by atoms with van der Waals surface area (Å²) in [6.07, 6.45) is 1.74. The van der Waals surface area contributed by atoms with Gasteiger partial charge >= 0.3 is 0 Å². The van der Waals surface area contributed by atoms with Gasteiger partial charge in [-0.1, -0.05) is 24.3 Å². The van der Waals surface area contributed by atoms with Crippen LogP contribution in [0.4, 0.5) is 5.69 Å². The molecule has 0 aliphatic heterocycles. The Morgan fingerprint density at radius 2 is 1.69 bits per heavy atom. The van der Waals surface area contributed by atoms with E-state index in [0.29, 0.717) is 5.69 Å². The van der Waals surface area contributed by atoms with Crippen LogP contribution in [0.3, 0.4) is 0 Å². The third kappa shape index (κ3) is 4.11. The molecule has 0 atom stereocenters. The Labute approximate surface area is 153 Å². The standard InChI is InChI=1S/C21H23N3O2/c1-14-10-15(2)12-18(11-14)26-13-24-9-8-19(23-24)21(25)22-20-16(3)6-5-7-17(20)4/h5-12H,13H2,1-4H3,(H,22,25). The quantitative estimate of drug-likeness (QED) is 0.742. The summed E-state index contributed by atoms with van der Waals surface area (Å²) in [5.41, 5.74) is 5.53. The van der Waals surface area contributed by atoms with E-state index in [1.807, 2.05) is 58.0 Å². The second kappa shape index (κ2) is 7.44. The molecule has 1 amide bonds. The van der Waals surface area contributed by atoms with E-state index in [1.165, 1.54) is 0 Å². The first-order valence-corrected chi connectivity index (χ1v) is 8.54. The number of nitrogens with zero attached hydrogens (tertiary/aromatic N) is 2. The van der Waals surface area contributed by atoms with Crippen molar-refractivity contribution in [2.75, 3.05) is 5.32 Å². The molecule has 0 aliphatic rings. The molecule has 0 fully saturated rings. The Kier molecular flexibility index (Phi) is 5.07. The van der Waals surface area contributed by atoms with E-state index in [-0.39, 0.29) is 12.6 Å². The van der Waals surface area contributed by atoms with Crippen LogP contribution in [0.15, 0.2) is 48.7 Å². The van der Waals surface area contributed by atoms with Crippen LogP contribution < -0.4 is 10.1 Å². The summed E-state index contributed by atoms with van der Waals surface area (Å²) in [7, 11) is 0. The molecule has 1 aromatic heterocycles. The lowest BCUT2D eigenvalue weighted by Gasteiger charge is -2.10. The van der Waals surface area contributed by atoms with E-state index in [0.717, 1.165) is 33.7 Å². The van der Waals surface area contributed by atoms with Crippen LogP contribution in [-0.4, -0.2) is 15.7 Å². The molecule has 0 saturated heterocycles. The van der Waals surface area contributed by atoms with Gasteiger partial charge in [0, 0.05) is 11.9 Å². The molecule has 3 rings (SSSR count). The largest absolute Gasteiger partial charge is 0.471 e. The summed E-state index contributed by atoms with van der Waals surface area (Å²) >= 11 is 0. The average molecular weight is 349 g/mol. The number of nitrogens with one attached hydrogen (secondary N) is 1. The van der Waals surface area contributed by atoms with Crippen molar-refractivity contribution in [3.63, 3.8) is 0 Å². The smallest absolute Gasteiger partial charge is 0.276 e. The van der Waals surface area contributed by atoms with Gasteiger partial charge in [-0.3, -0.25) is 4.79 Å². The number of amides is 1. The average Bonchev–Trinajstić information content (AvgIpc) is 3.05. The van der Waals surface area contributed by atoms with Gasteiger partial charge in [0.1, 0.15) is 5.75 Å². The first-order chi connectivity index (χ1) is 12.4. The molecule has 0 radical (unpaired) electrons. The van der Waals surface area contributed by atoms with Crippen LogP contribution in [0.1, 0.15) is 32.7 Å². The van der Waals surface area contributed by atoms with Gasteiger partial charge in [-0.05, 0) is 68.1 Å². The third-order valence-corrected chi connectivity index (χ3v) is 4.15. The highest BCUT2D eigenvalue weighted by molar-refractivity contribution is 6.03. The van der Waals surface area contributed by atoms with Gasteiger partial charge in [-0.15, -0.1) is 0 Å². The van der Waals surface area contributed by atoms with Crippen LogP contribution in [0, 0.1) is 27.7 Å². The lowest BCUT2D eigenvalue weighted by molar-refractivity contribution is 0.102. The fraction of sp³-hybridized carbons (Fsp3) is 0.238. The lowest BCUT2D eigenvalue weighted by atomic mass is 10.1. The molecule has 5 nitrogen and oxygen atoms in total. The minimum Gasteiger partial charge on any atom is -0.471 e. The molecule has 2 aromatic carbocycles. The van der Waals surface area contributed by atoms with Crippen LogP contribution in [-0.2, 0) is 6.73 Å². The topological polar surface area (TPSA) is 56.1 Å². The maximum absolute atomic E-state index is 12.5. The van der Waals surface area contributed by atoms with Gasteiger partial charge < -0.3 is 10.1 Å². The number of rotatable bonds is 5. The summed E-state index contributed by atoms with van der Waals surface area (Å²) in [5.74, 6) is 0.562. The number of carbonyl (C=O) groups is 1. The van der Waals surface area contributed by atoms with Crippen molar-refractivity contribution in [1.82, 2.24) is 9.78 Å². The third-order valence-electron chi connectivity index (χ3n) is 4.15. The number of anilines is 1. The predicted octanol–water partition coefficient (Wildman–Crippen LogP) is 4.41. The molecule has 1 heterocycles. The monoisotopic (exact) mass is 349 g/mol. The van der Waals surface area contributed by atoms with Crippen molar-refractivity contribution in [2.24, 2.45) is 0 Å². The fourth-order valence-corrected chi connectivity index (χ4v) is 2.90. The number of aryl methyl sites for hydroxylation is 4. The van der Waals surface area contributed by atoms with Gasteiger partial charge in [0.05, 0.1) is 0 Å². The zero-order valence-corrected chi connectivity index (χ0v) is 15.5. The van der Waals surface area contributed by atoms with Gasteiger partial charge in [-0.25, -0.2) is 4.68 Å². The number of aromatic nitrogens is 2. The number of benzene rings is 2. The zero-order valence-electron chi connectivity index (χ0n) is 15.5. The Balaban J connectivity index is 1.66. The molecule has 134 valence electrons. The van der Waals surface area contributed by atoms with Crippen LogP contribution >= 0.6 is 0 Å². The van der Waals surface area contributed by atoms with E-state index in [9.17, 15) is 4.79 Å². The minimum atomic E-state index is -0.229. The first-order valence-electron chi connectivity index (χ1n) is 8.54. The Morgan fingerprint density at radius 1 is 1.04 bits per heavy atom. The van der Waals surface area contributed by atoms with Crippen molar-refractivity contribution in [3.05, 3.63) is 76.6 Å². The van der Waals surface area contributed by atoms with Crippen molar-refractivity contribution in [1.29, 1.82) is 0 Å². The Hall–Kier alpha value is -3.08. The van der Waals surface area contributed by atoms with E-state index in [2.05, 4.69) is 16.5 Å². The van der Waals surface area contributed by atoms with E-state index in [1.54, 1.807) is 16.9 Å². The van der Waals surface area contributed by atoms with Gasteiger partial charge in [-0.2, -0.15) is 5.10 Å². The number of carbonyl (C=O) groups excluding carboxylic acids is 1. The lowest BCUT2D eigenvalue weighted by Crippen LogP contribution is -2.15. The molecule has 0 saturated carbocycles. The molecule has 0 unspecified atom stereocenters. The van der Waals surface area contributed by atoms with Gasteiger partial charge in [0.2, 0.25) is 0 Å². The maximum atomic E-state index is 12.5. The summed E-state index contributed by atoms with van der Waals surface area (Å²) in [6.45, 7) is 8.25. The summed E-state index contributed by atoms with van der Waals surface area (Å²) in [6, 6.07) is 13.7.